The molecule has 21 heavy (non-hydrogen) atoms. The van der Waals surface area contributed by atoms with Gasteiger partial charge in [-0.2, -0.15) is 0 Å². The summed E-state index contributed by atoms with van der Waals surface area (Å²) < 4.78 is 40.5. The van der Waals surface area contributed by atoms with Crippen LogP contribution in [0.3, 0.4) is 0 Å². The normalized spacial score (nSPS) is 13.1. The van der Waals surface area contributed by atoms with Crippen molar-refractivity contribution in [3.05, 3.63) is 65.0 Å². The third-order valence-electron chi connectivity index (χ3n) is 3.34. The number of sulfonamides is 1. The van der Waals surface area contributed by atoms with Crippen molar-refractivity contribution in [1.82, 2.24) is 4.72 Å². The second-order valence-electron chi connectivity index (χ2n) is 5.16. The molecule has 0 amide bonds. The van der Waals surface area contributed by atoms with E-state index in [-0.39, 0.29) is 10.9 Å². The number of nitrogens with one attached hydrogen (secondary N) is 1. The third kappa shape index (κ3) is 3.68. The van der Waals surface area contributed by atoms with E-state index in [2.05, 4.69) is 4.72 Å². The van der Waals surface area contributed by atoms with Crippen LogP contribution >= 0.6 is 0 Å². The van der Waals surface area contributed by atoms with E-state index in [1.165, 1.54) is 12.1 Å². The average Bonchev–Trinajstić information content (AvgIpc) is 2.38. The van der Waals surface area contributed by atoms with E-state index in [0.29, 0.717) is 5.56 Å². The Labute approximate surface area is 124 Å². The van der Waals surface area contributed by atoms with Crippen molar-refractivity contribution in [2.45, 2.75) is 31.7 Å². The lowest BCUT2D eigenvalue weighted by atomic mass is 10.1. The monoisotopic (exact) mass is 307 g/mol. The van der Waals surface area contributed by atoms with Crippen LogP contribution in [0.4, 0.5) is 4.39 Å². The molecule has 3 nitrogen and oxygen atoms in total. The minimum Gasteiger partial charge on any atom is -0.207 e. The number of rotatable bonds is 4. The van der Waals surface area contributed by atoms with Crippen LogP contribution in [0.1, 0.15) is 29.7 Å². The van der Waals surface area contributed by atoms with Crippen molar-refractivity contribution >= 4 is 10.0 Å². The molecule has 0 saturated carbocycles. The van der Waals surface area contributed by atoms with Crippen molar-refractivity contribution in [1.29, 1.82) is 0 Å². The van der Waals surface area contributed by atoms with E-state index in [1.807, 2.05) is 31.2 Å². The summed E-state index contributed by atoms with van der Waals surface area (Å²) in [7, 11) is -3.68. The number of hydrogen-bond donors (Lipinski definition) is 1. The molecule has 5 heteroatoms. The summed E-state index contributed by atoms with van der Waals surface area (Å²) in [6.07, 6.45) is 0. The van der Waals surface area contributed by atoms with Gasteiger partial charge in [-0.1, -0.05) is 29.8 Å². The minimum atomic E-state index is -3.68. The minimum absolute atomic E-state index is 0.0999. The Balaban J connectivity index is 2.26. The van der Waals surface area contributed by atoms with Gasteiger partial charge in [0.2, 0.25) is 10.0 Å². The number of aryl methyl sites for hydroxylation is 2. The van der Waals surface area contributed by atoms with Crippen molar-refractivity contribution in [2.75, 3.05) is 0 Å². The summed E-state index contributed by atoms with van der Waals surface area (Å²) in [5.41, 5.74) is 2.38. The van der Waals surface area contributed by atoms with Gasteiger partial charge >= 0.3 is 0 Å². The van der Waals surface area contributed by atoms with Gasteiger partial charge in [-0.05, 0) is 50.1 Å². The van der Waals surface area contributed by atoms with Crippen LogP contribution in [-0.2, 0) is 10.0 Å². The van der Waals surface area contributed by atoms with Crippen molar-refractivity contribution in [3.63, 3.8) is 0 Å². The van der Waals surface area contributed by atoms with Gasteiger partial charge in [-0.3, -0.25) is 0 Å². The predicted octanol–water partition coefficient (Wildman–Crippen LogP) is 3.48. The summed E-state index contributed by atoms with van der Waals surface area (Å²) in [6.45, 7) is 5.33. The first-order valence-electron chi connectivity index (χ1n) is 6.64. The van der Waals surface area contributed by atoms with E-state index in [0.717, 1.165) is 17.2 Å². The summed E-state index contributed by atoms with van der Waals surface area (Å²) >= 11 is 0. The molecule has 0 fully saturated rings. The molecule has 2 aromatic carbocycles. The van der Waals surface area contributed by atoms with Crippen LogP contribution in [-0.4, -0.2) is 8.42 Å². The molecule has 0 aliphatic carbocycles. The molecule has 0 aromatic heterocycles. The standard InChI is InChI=1S/C16H18FNO2S/c1-11-4-6-14(7-5-11)13(3)18-21(19,20)16-9-8-15(17)10-12(16)2/h4-10,13,18H,1-3H3/t13-/m1/s1. The molecule has 0 heterocycles. The zero-order valence-corrected chi connectivity index (χ0v) is 13.0. The highest BCUT2D eigenvalue weighted by atomic mass is 32.2. The van der Waals surface area contributed by atoms with Crippen molar-refractivity contribution in [2.24, 2.45) is 0 Å². The molecule has 2 rings (SSSR count). The molecule has 1 atom stereocenters. The van der Waals surface area contributed by atoms with Gasteiger partial charge < -0.3 is 0 Å². The Morgan fingerprint density at radius 1 is 1.05 bits per heavy atom. The smallest absolute Gasteiger partial charge is 0.207 e. The molecule has 0 saturated heterocycles. The van der Waals surface area contributed by atoms with Gasteiger partial charge in [0.1, 0.15) is 5.82 Å². The van der Waals surface area contributed by atoms with Gasteiger partial charge in [0, 0.05) is 6.04 Å². The lowest BCUT2D eigenvalue weighted by molar-refractivity contribution is 0.565. The maximum atomic E-state index is 13.1. The molecule has 0 radical (unpaired) electrons. The molecule has 0 aliphatic heterocycles. The fourth-order valence-corrected chi connectivity index (χ4v) is 3.59. The lowest BCUT2D eigenvalue weighted by Gasteiger charge is -2.16. The predicted molar refractivity (Wildman–Crippen MR) is 81.1 cm³/mol. The first-order valence-corrected chi connectivity index (χ1v) is 8.13. The number of halogens is 1. The SMILES string of the molecule is Cc1ccc([C@@H](C)NS(=O)(=O)c2ccc(F)cc2C)cc1. The summed E-state index contributed by atoms with van der Waals surface area (Å²) in [5.74, 6) is -0.446. The molecular formula is C16H18FNO2S. The van der Waals surface area contributed by atoms with Gasteiger partial charge in [0.25, 0.3) is 0 Å². The van der Waals surface area contributed by atoms with Gasteiger partial charge in [-0.15, -0.1) is 0 Å². The van der Waals surface area contributed by atoms with Gasteiger partial charge in [0.05, 0.1) is 4.90 Å². The molecule has 0 aliphatic rings. The Morgan fingerprint density at radius 3 is 2.24 bits per heavy atom. The molecule has 2 aromatic rings. The highest BCUT2D eigenvalue weighted by molar-refractivity contribution is 7.89. The highest BCUT2D eigenvalue weighted by Crippen LogP contribution is 2.20. The first-order chi connectivity index (χ1) is 9.79. The topological polar surface area (TPSA) is 46.2 Å². The van der Waals surface area contributed by atoms with Crippen LogP contribution in [0.2, 0.25) is 0 Å². The van der Waals surface area contributed by atoms with E-state index in [4.69, 9.17) is 0 Å². The van der Waals surface area contributed by atoms with Crippen LogP contribution < -0.4 is 4.72 Å². The summed E-state index contributed by atoms with van der Waals surface area (Å²) in [4.78, 5) is 0.0999. The largest absolute Gasteiger partial charge is 0.241 e. The van der Waals surface area contributed by atoms with Crippen molar-refractivity contribution in [3.8, 4) is 0 Å². The molecule has 0 unspecified atom stereocenters. The highest BCUT2D eigenvalue weighted by Gasteiger charge is 2.20. The molecule has 1 N–H and O–H groups in total. The summed E-state index contributed by atoms with van der Waals surface area (Å²) in [5, 5.41) is 0. The summed E-state index contributed by atoms with van der Waals surface area (Å²) in [6, 6.07) is 10.9. The maximum absolute atomic E-state index is 13.1. The lowest BCUT2D eigenvalue weighted by Crippen LogP contribution is -2.27. The fraction of sp³-hybridized carbons (Fsp3) is 0.250. The zero-order chi connectivity index (χ0) is 15.6. The Morgan fingerprint density at radius 2 is 1.67 bits per heavy atom. The van der Waals surface area contributed by atoms with Crippen LogP contribution in [0, 0.1) is 19.7 Å². The molecule has 112 valence electrons. The molecular weight excluding hydrogens is 289 g/mol. The third-order valence-corrected chi connectivity index (χ3v) is 5.04. The molecule has 0 spiro atoms. The molecule has 0 bridgehead atoms. The number of hydrogen-bond acceptors (Lipinski definition) is 2. The van der Waals surface area contributed by atoms with Crippen LogP contribution in [0.15, 0.2) is 47.4 Å². The van der Waals surface area contributed by atoms with Crippen LogP contribution in [0.5, 0.6) is 0 Å². The number of benzene rings is 2. The first kappa shape index (κ1) is 15.7. The Hall–Kier alpha value is -1.72. The van der Waals surface area contributed by atoms with E-state index >= 15 is 0 Å². The quantitative estimate of drug-likeness (QED) is 0.940. The van der Waals surface area contributed by atoms with Gasteiger partial charge in [-0.25, -0.2) is 17.5 Å². The second-order valence-corrected chi connectivity index (χ2v) is 6.85. The van der Waals surface area contributed by atoms with E-state index in [9.17, 15) is 12.8 Å². The Kier molecular flexibility index (Phi) is 4.44. The second kappa shape index (κ2) is 5.95. The van der Waals surface area contributed by atoms with Crippen LogP contribution in [0.25, 0.3) is 0 Å². The zero-order valence-electron chi connectivity index (χ0n) is 12.2. The average molecular weight is 307 g/mol. The maximum Gasteiger partial charge on any atom is 0.241 e. The fourth-order valence-electron chi connectivity index (χ4n) is 2.13. The van der Waals surface area contributed by atoms with E-state index in [1.54, 1.807) is 13.8 Å². The van der Waals surface area contributed by atoms with E-state index < -0.39 is 15.8 Å². The van der Waals surface area contributed by atoms with Gasteiger partial charge in [0.15, 0.2) is 0 Å². The Bertz CT molecular complexity index is 739. The van der Waals surface area contributed by atoms with Crippen molar-refractivity contribution < 1.29 is 12.8 Å².